The van der Waals surface area contributed by atoms with E-state index in [0.29, 0.717) is 19.7 Å². The highest BCUT2D eigenvalue weighted by atomic mass is 16.5. The Morgan fingerprint density at radius 2 is 2.14 bits per heavy atom. The highest BCUT2D eigenvalue weighted by Gasteiger charge is 2.40. The topological polar surface area (TPSA) is 54.5 Å². The van der Waals surface area contributed by atoms with Crippen LogP contribution in [0.2, 0.25) is 0 Å². The molecule has 1 saturated heterocycles. The molecule has 2 aliphatic rings. The van der Waals surface area contributed by atoms with Crippen molar-refractivity contribution in [2.75, 3.05) is 26.2 Å². The Hall–Kier alpha value is -1.62. The van der Waals surface area contributed by atoms with Crippen molar-refractivity contribution >= 4 is 6.03 Å². The molecular weight excluding hydrogens is 278 g/mol. The number of pyridine rings is 1. The molecular formula is C17H25N3O2. The molecule has 2 fully saturated rings. The fourth-order valence-electron chi connectivity index (χ4n) is 3.50. The molecule has 1 N–H and O–H groups in total. The van der Waals surface area contributed by atoms with Gasteiger partial charge in [-0.25, -0.2) is 4.79 Å². The van der Waals surface area contributed by atoms with Crippen LogP contribution in [0.3, 0.4) is 0 Å². The number of carbonyl (C=O) groups excluding carboxylic acids is 1. The Kier molecular flexibility index (Phi) is 4.62. The van der Waals surface area contributed by atoms with E-state index >= 15 is 0 Å². The van der Waals surface area contributed by atoms with Crippen molar-refractivity contribution in [1.82, 2.24) is 15.2 Å². The first-order valence-corrected chi connectivity index (χ1v) is 8.25. The molecule has 120 valence electrons. The van der Waals surface area contributed by atoms with E-state index in [2.05, 4.69) is 17.2 Å². The van der Waals surface area contributed by atoms with E-state index in [1.165, 1.54) is 18.4 Å². The number of hydrogen-bond acceptors (Lipinski definition) is 3. The van der Waals surface area contributed by atoms with Crippen LogP contribution < -0.4 is 5.32 Å². The predicted molar refractivity (Wildman–Crippen MR) is 84.8 cm³/mol. The van der Waals surface area contributed by atoms with Gasteiger partial charge in [0, 0.05) is 25.5 Å². The number of urea groups is 1. The van der Waals surface area contributed by atoms with E-state index in [4.69, 9.17) is 4.74 Å². The summed E-state index contributed by atoms with van der Waals surface area (Å²) >= 11 is 0. The molecule has 5 nitrogen and oxygen atoms in total. The van der Waals surface area contributed by atoms with Crippen LogP contribution in [0.15, 0.2) is 24.5 Å². The molecule has 0 radical (unpaired) electrons. The Balaban J connectivity index is 1.51. The zero-order chi connectivity index (χ0) is 15.4. The summed E-state index contributed by atoms with van der Waals surface area (Å²) in [7, 11) is 0. The molecule has 2 heterocycles. The maximum atomic E-state index is 12.4. The fraction of sp³-hybridized carbons (Fsp3) is 0.647. The summed E-state index contributed by atoms with van der Waals surface area (Å²) in [5.74, 6) is 0.286. The van der Waals surface area contributed by atoms with Crippen LogP contribution in [-0.2, 0) is 4.74 Å². The lowest BCUT2D eigenvalue weighted by molar-refractivity contribution is -0.0925. The first-order valence-electron chi connectivity index (χ1n) is 8.25. The number of nitrogens with one attached hydrogen (secondary N) is 1. The maximum Gasteiger partial charge on any atom is 0.317 e. The second-order valence-corrected chi connectivity index (χ2v) is 6.53. The van der Waals surface area contributed by atoms with Gasteiger partial charge in [-0.3, -0.25) is 4.98 Å². The SMILES string of the molecule is CC(CNC(=O)N1CCOC2(CCCC2)C1)c1ccncc1. The van der Waals surface area contributed by atoms with Crippen molar-refractivity contribution in [2.24, 2.45) is 0 Å². The average molecular weight is 303 g/mol. The van der Waals surface area contributed by atoms with Gasteiger partial charge < -0.3 is 15.0 Å². The van der Waals surface area contributed by atoms with Crippen LogP contribution in [0.25, 0.3) is 0 Å². The Labute approximate surface area is 132 Å². The molecule has 1 aliphatic carbocycles. The number of morpholine rings is 1. The first kappa shape index (κ1) is 15.3. The molecule has 3 rings (SSSR count). The molecule has 0 bridgehead atoms. The molecule has 1 unspecified atom stereocenters. The molecule has 1 aromatic heterocycles. The minimum Gasteiger partial charge on any atom is -0.371 e. The summed E-state index contributed by atoms with van der Waals surface area (Å²) in [6, 6.07) is 4.04. The first-order chi connectivity index (χ1) is 10.7. The summed E-state index contributed by atoms with van der Waals surface area (Å²) < 4.78 is 5.97. The average Bonchev–Trinajstić information content (AvgIpc) is 3.00. The van der Waals surface area contributed by atoms with Crippen LogP contribution in [0.4, 0.5) is 4.79 Å². The zero-order valence-corrected chi connectivity index (χ0v) is 13.3. The number of nitrogens with zero attached hydrogens (tertiary/aromatic N) is 2. The number of amides is 2. The van der Waals surface area contributed by atoms with Gasteiger partial charge in [0.25, 0.3) is 0 Å². The summed E-state index contributed by atoms with van der Waals surface area (Å²) in [6.45, 7) is 4.85. The Bertz CT molecular complexity index is 500. The minimum atomic E-state index is -0.0632. The van der Waals surface area contributed by atoms with Crippen LogP contribution in [0.1, 0.15) is 44.1 Å². The lowest BCUT2D eigenvalue weighted by Gasteiger charge is -2.40. The van der Waals surface area contributed by atoms with E-state index in [1.54, 1.807) is 12.4 Å². The Morgan fingerprint density at radius 1 is 1.41 bits per heavy atom. The van der Waals surface area contributed by atoms with Crippen LogP contribution in [-0.4, -0.2) is 47.8 Å². The molecule has 1 aromatic rings. The van der Waals surface area contributed by atoms with Crippen molar-refractivity contribution in [3.63, 3.8) is 0 Å². The van der Waals surface area contributed by atoms with Crippen LogP contribution in [0, 0.1) is 0 Å². The van der Waals surface area contributed by atoms with Gasteiger partial charge in [0.2, 0.25) is 0 Å². The van der Waals surface area contributed by atoms with Crippen LogP contribution in [0.5, 0.6) is 0 Å². The molecule has 1 aliphatic heterocycles. The molecule has 22 heavy (non-hydrogen) atoms. The quantitative estimate of drug-likeness (QED) is 0.933. The number of rotatable bonds is 3. The van der Waals surface area contributed by atoms with E-state index in [1.807, 2.05) is 17.0 Å². The molecule has 2 amide bonds. The van der Waals surface area contributed by atoms with Gasteiger partial charge in [-0.05, 0) is 36.5 Å². The third-order valence-electron chi connectivity index (χ3n) is 4.89. The summed E-state index contributed by atoms with van der Waals surface area (Å²) in [5, 5.41) is 3.07. The monoisotopic (exact) mass is 303 g/mol. The number of hydrogen-bond donors (Lipinski definition) is 1. The van der Waals surface area contributed by atoms with Gasteiger partial charge in [-0.2, -0.15) is 0 Å². The van der Waals surface area contributed by atoms with E-state index in [0.717, 1.165) is 19.4 Å². The van der Waals surface area contributed by atoms with E-state index < -0.39 is 0 Å². The van der Waals surface area contributed by atoms with Gasteiger partial charge in [0.15, 0.2) is 0 Å². The van der Waals surface area contributed by atoms with Gasteiger partial charge in [-0.15, -0.1) is 0 Å². The summed E-state index contributed by atoms with van der Waals surface area (Å²) in [5.41, 5.74) is 1.14. The molecule has 1 saturated carbocycles. The third-order valence-corrected chi connectivity index (χ3v) is 4.89. The van der Waals surface area contributed by atoms with Crippen molar-refractivity contribution in [3.05, 3.63) is 30.1 Å². The largest absolute Gasteiger partial charge is 0.371 e. The lowest BCUT2D eigenvalue weighted by Crippen LogP contribution is -2.55. The van der Waals surface area contributed by atoms with Gasteiger partial charge >= 0.3 is 6.03 Å². The van der Waals surface area contributed by atoms with E-state index in [-0.39, 0.29) is 17.6 Å². The fourth-order valence-corrected chi connectivity index (χ4v) is 3.50. The highest BCUT2D eigenvalue weighted by molar-refractivity contribution is 5.74. The van der Waals surface area contributed by atoms with E-state index in [9.17, 15) is 4.79 Å². The third kappa shape index (κ3) is 3.40. The second-order valence-electron chi connectivity index (χ2n) is 6.53. The predicted octanol–water partition coefficient (Wildman–Crippen LogP) is 2.54. The molecule has 5 heteroatoms. The Morgan fingerprint density at radius 3 is 2.86 bits per heavy atom. The number of ether oxygens (including phenoxy) is 1. The lowest BCUT2D eigenvalue weighted by atomic mass is 10.00. The second kappa shape index (κ2) is 6.65. The van der Waals surface area contributed by atoms with Gasteiger partial charge in [-0.1, -0.05) is 19.8 Å². The zero-order valence-electron chi connectivity index (χ0n) is 13.3. The molecule has 1 atom stereocenters. The van der Waals surface area contributed by atoms with Crippen molar-refractivity contribution < 1.29 is 9.53 Å². The van der Waals surface area contributed by atoms with Crippen molar-refractivity contribution in [1.29, 1.82) is 0 Å². The normalized spacial score (nSPS) is 21.8. The van der Waals surface area contributed by atoms with Crippen molar-refractivity contribution in [3.8, 4) is 0 Å². The highest BCUT2D eigenvalue weighted by Crippen LogP contribution is 2.35. The molecule has 0 aromatic carbocycles. The smallest absolute Gasteiger partial charge is 0.317 e. The van der Waals surface area contributed by atoms with Gasteiger partial charge in [0.05, 0.1) is 18.8 Å². The standard InChI is InChI=1S/C17H25N3O2/c1-14(15-4-8-18-9-5-15)12-19-16(21)20-10-11-22-17(13-20)6-2-3-7-17/h4-5,8-9,14H,2-3,6-7,10-13H2,1H3,(H,19,21). The van der Waals surface area contributed by atoms with Gasteiger partial charge in [0.1, 0.15) is 0 Å². The molecule has 1 spiro atoms. The summed E-state index contributed by atoms with van der Waals surface area (Å²) in [4.78, 5) is 18.4. The minimum absolute atomic E-state index is 0.0375. The van der Waals surface area contributed by atoms with Crippen molar-refractivity contribution in [2.45, 2.75) is 44.1 Å². The maximum absolute atomic E-state index is 12.4. The number of carbonyl (C=O) groups is 1. The summed E-state index contributed by atoms with van der Waals surface area (Å²) in [6.07, 6.45) is 8.19. The number of aromatic nitrogens is 1. The van der Waals surface area contributed by atoms with Crippen LogP contribution >= 0.6 is 0 Å².